The predicted molar refractivity (Wildman–Crippen MR) is 61.4 cm³/mol. The molecule has 6 nitrogen and oxygen atoms in total. The average Bonchev–Trinajstić information content (AvgIpc) is 2.76. The SMILES string of the molecule is CCC(C(=O)O)N(C)C(=O)C1CCC(CN)O1. The lowest BCUT2D eigenvalue weighted by Crippen LogP contribution is -2.46. The molecule has 6 heteroatoms. The lowest BCUT2D eigenvalue weighted by atomic mass is 10.1. The van der Waals surface area contributed by atoms with Crippen LogP contribution in [0.4, 0.5) is 0 Å². The molecule has 98 valence electrons. The molecule has 0 aromatic heterocycles. The fourth-order valence-corrected chi connectivity index (χ4v) is 2.06. The number of hydrogen-bond acceptors (Lipinski definition) is 4. The lowest BCUT2D eigenvalue weighted by Gasteiger charge is -2.26. The van der Waals surface area contributed by atoms with Gasteiger partial charge in [0.2, 0.25) is 0 Å². The molecular formula is C11H20N2O4. The smallest absolute Gasteiger partial charge is 0.326 e. The number of likely N-dealkylation sites (N-methyl/N-ethyl adjacent to an activating group) is 1. The highest BCUT2D eigenvalue weighted by Crippen LogP contribution is 2.21. The van der Waals surface area contributed by atoms with Gasteiger partial charge in [-0.3, -0.25) is 4.79 Å². The summed E-state index contributed by atoms with van der Waals surface area (Å²) < 4.78 is 5.46. The number of amides is 1. The van der Waals surface area contributed by atoms with E-state index in [1.54, 1.807) is 6.92 Å². The maximum absolute atomic E-state index is 12.0. The van der Waals surface area contributed by atoms with Crippen LogP contribution in [0.2, 0.25) is 0 Å². The van der Waals surface area contributed by atoms with Gasteiger partial charge in [-0.15, -0.1) is 0 Å². The molecule has 0 aliphatic carbocycles. The number of carbonyl (C=O) groups is 2. The summed E-state index contributed by atoms with van der Waals surface area (Å²) in [6.45, 7) is 2.13. The Morgan fingerprint density at radius 3 is 2.59 bits per heavy atom. The van der Waals surface area contributed by atoms with Gasteiger partial charge in [-0.1, -0.05) is 6.92 Å². The number of nitrogens with zero attached hydrogens (tertiary/aromatic N) is 1. The van der Waals surface area contributed by atoms with E-state index in [4.69, 9.17) is 15.6 Å². The quantitative estimate of drug-likeness (QED) is 0.699. The van der Waals surface area contributed by atoms with Crippen LogP contribution in [-0.4, -0.2) is 53.7 Å². The molecule has 0 radical (unpaired) electrons. The van der Waals surface area contributed by atoms with E-state index < -0.39 is 18.1 Å². The molecule has 1 fully saturated rings. The minimum absolute atomic E-state index is 0.0812. The summed E-state index contributed by atoms with van der Waals surface area (Å²) in [5, 5.41) is 8.98. The summed E-state index contributed by atoms with van der Waals surface area (Å²) in [5.41, 5.74) is 5.46. The highest BCUT2D eigenvalue weighted by Gasteiger charge is 2.35. The molecule has 1 amide bonds. The molecule has 3 unspecified atom stereocenters. The largest absolute Gasteiger partial charge is 0.480 e. The number of carboxylic acids is 1. The standard InChI is InChI=1S/C11H20N2O4/c1-3-8(11(15)16)13(2)10(14)9-5-4-7(6-12)17-9/h7-9H,3-6,12H2,1-2H3,(H,15,16). The van der Waals surface area contributed by atoms with Gasteiger partial charge >= 0.3 is 5.97 Å². The molecule has 3 atom stereocenters. The zero-order valence-electron chi connectivity index (χ0n) is 10.3. The first kappa shape index (κ1) is 13.9. The van der Waals surface area contributed by atoms with Crippen LogP contribution in [0.5, 0.6) is 0 Å². The van der Waals surface area contributed by atoms with E-state index in [9.17, 15) is 9.59 Å². The summed E-state index contributed by atoms with van der Waals surface area (Å²) in [5.74, 6) is -1.26. The average molecular weight is 244 g/mol. The van der Waals surface area contributed by atoms with E-state index in [0.717, 1.165) is 6.42 Å². The molecule has 1 saturated heterocycles. The van der Waals surface area contributed by atoms with E-state index in [-0.39, 0.29) is 12.0 Å². The van der Waals surface area contributed by atoms with E-state index in [1.165, 1.54) is 11.9 Å². The van der Waals surface area contributed by atoms with Crippen LogP contribution >= 0.6 is 0 Å². The van der Waals surface area contributed by atoms with Crippen LogP contribution < -0.4 is 5.73 Å². The van der Waals surface area contributed by atoms with E-state index in [1.807, 2.05) is 0 Å². The second-order valence-corrected chi connectivity index (χ2v) is 4.27. The third-order valence-corrected chi connectivity index (χ3v) is 3.13. The minimum atomic E-state index is -0.989. The molecule has 17 heavy (non-hydrogen) atoms. The number of carbonyl (C=O) groups excluding carboxylic acids is 1. The third kappa shape index (κ3) is 3.17. The van der Waals surface area contributed by atoms with Crippen LogP contribution in [0.15, 0.2) is 0 Å². The topological polar surface area (TPSA) is 92.9 Å². The Kier molecular flexibility index (Phi) is 4.89. The molecule has 1 heterocycles. The van der Waals surface area contributed by atoms with Gasteiger partial charge in [-0.05, 0) is 19.3 Å². The molecule has 3 N–H and O–H groups in total. The summed E-state index contributed by atoms with van der Waals surface area (Å²) in [6, 6.07) is -0.789. The summed E-state index contributed by atoms with van der Waals surface area (Å²) >= 11 is 0. The van der Waals surface area contributed by atoms with Crippen molar-refractivity contribution >= 4 is 11.9 Å². The van der Waals surface area contributed by atoms with Gasteiger partial charge in [0.25, 0.3) is 5.91 Å². The maximum atomic E-state index is 12.0. The number of hydrogen-bond donors (Lipinski definition) is 2. The Morgan fingerprint density at radius 1 is 1.53 bits per heavy atom. The van der Waals surface area contributed by atoms with Gasteiger partial charge < -0.3 is 20.5 Å². The molecular weight excluding hydrogens is 224 g/mol. The van der Waals surface area contributed by atoms with Crippen LogP contribution in [0.3, 0.4) is 0 Å². The molecule has 0 spiro atoms. The van der Waals surface area contributed by atoms with Gasteiger partial charge in [0.05, 0.1) is 6.10 Å². The zero-order valence-corrected chi connectivity index (χ0v) is 10.3. The number of ether oxygens (including phenoxy) is 1. The molecule has 0 aromatic carbocycles. The van der Waals surface area contributed by atoms with Gasteiger partial charge in [-0.25, -0.2) is 4.79 Å². The highest BCUT2D eigenvalue weighted by molar-refractivity contribution is 5.86. The zero-order chi connectivity index (χ0) is 13.0. The molecule has 0 bridgehead atoms. The monoisotopic (exact) mass is 244 g/mol. The van der Waals surface area contributed by atoms with Crippen LogP contribution in [0.1, 0.15) is 26.2 Å². The van der Waals surface area contributed by atoms with Crippen molar-refractivity contribution in [1.82, 2.24) is 4.90 Å². The highest BCUT2D eigenvalue weighted by atomic mass is 16.5. The Balaban J connectivity index is 2.60. The van der Waals surface area contributed by atoms with Crippen molar-refractivity contribution in [2.75, 3.05) is 13.6 Å². The molecule has 1 aliphatic heterocycles. The predicted octanol–water partition coefficient (Wildman–Crippen LogP) is -0.186. The Hall–Kier alpha value is -1.14. The van der Waals surface area contributed by atoms with Gasteiger partial charge in [-0.2, -0.15) is 0 Å². The third-order valence-electron chi connectivity index (χ3n) is 3.13. The Bertz CT molecular complexity index is 295. The summed E-state index contributed by atoms with van der Waals surface area (Å²) in [7, 11) is 1.50. The van der Waals surface area contributed by atoms with Gasteiger partial charge in [0.1, 0.15) is 12.1 Å². The van der Waals surface area contributed by atoms with Gasteiger partial charge in [0, 0.05) is 13.6 Å². The Labute approximate surface area is 101 Å². The van der Waals surface area contributed by atoms with Crippen LogP contribution in [0, 0.1) is 0 Å². The number of carboxylic acid groups (broad SMARTS) is 1. The van der Waals surface area contributed by atoms with Crippen molar-refractivity contribution in [1.29, 1.82) is 0 Å². The number of nitrogens with two attached hydrogens (primary N) is 1. The van der Waals surface area contributed by atoms with Crippen molar-refractivity contribution in [2.45, 2.75) is 44.4 Å². The van der Waals surface area contributed by atoms with Crippen molar-refractivity contribution < 1.29 is 19.4 Å². The van der Waals surface area contributed by atoms with Crippen LogP contribution in [0.25, 0.3) is 0 Å². The van der Waals surface area contributed by atoms with E-state index in [0.29, 0.717) is 19.4 Å². The van der Waals surface area contributed by atoms with Crippen molar-refractivity contribution in [3.63, 3.8) is 0 Å². The molecule has 1 rings (SSSR count). The number of aliphatic carboxylic acids is 1. The van der Waals surface area contributed by atoms with Crippen molar-refractivity contribution in [2.24, 2.45) is 5.73 Å². The van der Waals surface area contributed by atoms with Gasteiger partial charge in [0.15, 0.2) is 0 Å². The number of rotatable bonds is 5. The lowest BCUT2D eigenvalue weighted by molar-refractivity contribution is -0.154. The fraction of sp³-hybridized carbons (Fsp3) is 0.818. The normalized spacial score (nSPS) is 25.6. The minimum Gasteiger partial charge on any atom is -0.480 e. The summed E-state index contributed by atoms with van der Waals surface area (Å²) in [4.78, 5) is 24.2. The first-order valence-corrected chi connectivity index (χ1v) is 5.86. The first-order valence-electron chi connectivity index (χ1n) is 5.86. The van der Waals surface area contributed by atoms with E-state index in [2.05, 4.69) is 0 Å². The second-order valence-electron chi connectivity index (χ2n) is 4.27. The molecule has 0 saturated carbocycles. The van der Waals surface area contributed by atoms with Crippen molar-refractivity contribution in [3.8, 4) is 0 Å². The van der Waals surface area contributed by atoms with Crippen LogP contribution in [-0.2, 0) is 14.3 Å². The van der Waals surface area contributed by atoms with Crippen molar-refractivity contribution in [3.05, 3.63) is 0 Å². The Morgan fingerprint density at radius 2 is 2.18 bits per heavy atom. The first-order chi connectivity index (χ1) is 8.01. The molecule has 1 aliphatic rings. The maximum Gasteiger partial charge on any atom is 0.326 e. The fourth-order valence-electron chi connectivity index (χ4n) is 2.06. The second kappa shape index (κ2) is 5.97. The molecule has 0 aromatic rings. The summed E-state index contributed by atoms with van der Waals surface area (Å²) in [6.07, 6.45) is 1.13. The van der Waals surface area contributed by atoms with E-state index >= 15 is 0 Å².